The third-order valence-corrected chi connectivity index (χ3v) is 2.75. The Morgan fingerprint density at radius 1 is 1.33 bits per heavy atom. The normalized spacial score (nSPS) is 14.9. The predicted octanol–water partition coefficient (Wildman–Crippen LogP) is 2.29. The molecule has 0 saturated heterocycles. The summed E-state index contributed by atoms with van der Waals surface area (Å²) in [6.45, 7) is 6.87. The molecular formula is C13H21NO. The lowest BCUT2D eigenvalue weighted by molar-refractivity contribution is 0.0577. The van der Waals surface area contributed by atoms with Crippen LogP contribution in [0.5, 0.6) is 0 Å². The van der Waals surface area contributed by atoms with Crippen LogP contribution in [0.25, 0.3) is 0 Å². The van der Waals surface area contributed by atoms with Gasteiger partial charge in [0.05, 0.1) is 6.10 Å². The third-order valence-electron chi connectivity index (χ3n) is 2.75. The average Bonchev–Trinajstić information content (AvgIpc) is 2.21. The zero-order valence-corrected chi connectivity index (χ0v) is 9.86. The summed E-state index contributed by atoms with van der Waals surface area (Å²) in [5.41, 5.74) is 8.70. The zero-order chi connectivity index (χ0) is 11.3. The molecule has 2 heteroatoms. The highest BCUT2D eigenvalue weighted by atomic mass is 16.5. The van der Waals surface area contributed by atoms with E-state index in [9.17, 15) is 0 Å². The maximum absolute atomic E-state index is 6.08. The summed E-state index contributed by atoms with van der Waals surface area (Å²) >= 11 is 0. The van der Waals surface area contributed by atoms with Crippen LogP contribution in [0.2, 0.25) is 0 Å². The summed E-state index contributed by atoms with van der Waals surface area (Å²) in [6, 6.07) is 8.43. The van der Waals surface area contributed by atoms with Crippen molar-refractivity contribution in [3.63, 3.8) is 0 Å². The van der Waals surface area contributed by atoms with Crippen molar-refractivity contribution in [3.8, 4) is 0 Å². The summed E-state index contributed by atoms with van der Waals surface area (Å²) in [5.74, 6) is 0. The SMILES string of the molecule is CCOC(C)C(N)Cc1ccccc1C. The molecule has 1 aromatic carbocycles. The van der Waals surface area contributed by atoms with Gasteiger partial charge >= 0.3 is 0 Å². The van der Waals surface area contributed by atoms with Gasteiger partial charge in [-0.25, -0.2) is 0 Å². The molecule has 1 rings (SSSR count). The van der Waals surface area contributed by atoms with Crippen molar-refractivity contribution < 1.29 is 4.74 Å². The monoisotopic (exact) mass is 207 g/mol. The van der Waals surface area contributed by atoms with E-state index in [0.29, 0.717) is 0 Å². The van der Waals surface area contributed by atoms with Crippen LogP contribution in [0.4, 0.5) is 0 Å². The molecule has 0 aliphatic carbocycles. The van der Waals surface area contributed by atoms with Gasteiger partial charge in [-0.3, -0.25) is 0 Å². The fourth-order valence-electron chi connectivity index (χ4n) is 1.65. The van der Waals surface area contributed by atoms with E-state index in [1.165, 1.54) is 11.1 Å². The van der Waals surface area contributed by atoms with Crippen LogP contribution in [0, 0.1) is 6.92 Å². The molecule has 2 N–H and O–H groups in total. The Hall–Kier alpha value is -0.860. The fraction of sp³-hybridized carbons (Fsp3) is 0.538. The Balaban J connectivity index is 2.58. The first-order valence-corrected chi connectivity index (χ1v) is 5.56. The molecule has 0 spiro atoms. The Bertz CT molecular complexity index is 298. The van der Waals surface area contributed by atoms with E-state index in [1.807, 2.05) is 13.8 Å². The molecule has 1 aromatic rings. The van der Waals surface area contributed by atoms with Gasteiger partial charge in [-0.2, -0.15) is 0 Å². The second-order valence-corrected chi connectivity index (χ2v) is 3.95. The molecule has 0 aliphatic rings. The van der Waals surface area contributed by atoms with Gasteiger partial charge in [0.25, 0.3) is 0 Å². The van der Waals surface area contributed by atoms with Crippen molar-refractivity contribution in [2.45, 2.75) is 39.3 Å². The lowest BCUT2D eigenvalue weighted by Gasteiger charge is -2.20. The molecule has 0 bridgehead atoms. The molecule has 0 aliphatic heterocycles. The van der Waals surface area contributed by atoms with Crippen molar-refractivity contribution in [1.82, 2.24) is 0 Å². The van der Waals surface area contributed by atoms with E-state index in [0.717, 1.165) is 13.0 Å². The Morgan fingerprint density at radius 2 is 2.00 bits per heavy atom. The van der Waals surface area contributed by atoms with Crippen LogP contribution in [0.3, 0.4) is 0 Å². The van der Waals surface area contributed by atoms with Crippen LogP contribution >= 0.6 is 0 Å². The Labute approximate surface area is 92.4 Å². The van der Waals surface area contributed by atoms with E-state index in [2.05, 4.69) is 31.2 Å². The minimum absolute atomic E-state index is 0.0750. The lowest BCUT2D eigenvalue weighted by Crippen LogP contribution is -2.36. The Morgan fingerprint density at radius 3 is 2.60 bits per heavy atom. The molecule has 0 radical (unpaired) electrons. The Kier molecular flexibility index (Phi) is 4.79. The first-order valence-electron chi connectivity index (χ1n) is 5.56. The predicted molar refractivity (Wildman–Crippen MR) is 63.9 cm³/mol. The fourth-order valence-corrected chi connectivity index (χ4v) is 1.65. The van der Waals surface area contributed by atoms with Crippen molar-refractivity contribution in [2.75, 3.05) is 6.61 Å². The molecule has 0 heterocycles. The number of ether oxygens (including phenoxy) is 1. The second-order valence-electron chi connectivity index (χ2n) is 3.95. The summed E-state index contributed by atoms with van der Waals surface area (Å²) in [4.78, 5) is 0. The van der Waals surface area contributed by atoms with E-state index < -0.39 is 0 Å². The van der Waals surface area contributed by atoms with Crippen LogP contribution in [-0.4, -0.2) is 18.8 Å². The highest BCUT2D eigenvalue weighted by Crippen LogP contribution is 2.11. The van der Waals surface area contributed by atoms with E-state index in [1.54, 1.807) is 0 Å². The minimum atomic E-state index is 0.0750. The largest absolute Gasteiger partial charge is 0.377 e. The highest BCUT2D eigenvalue weighted by molar-refractivity contribution is 5.26. The van der Waals surface area contributed by atoms with Crippen LogP contribution < -0.4 is 5.73 Å². The second kappa shape index (κ2) is 5.89. The smallest absolute Gasteiger partial charge is 0.0700 e. The van der Waals surface area contributed by atoms with E-state index >= 15 is 0 Å². The molecule has 2 atom stereocenters. The first kappa shape index (κ1) is 12.2. The van der Waals surface area contributed by atoms with Crippen molar-refractivity contribution in [1.29, 1.82) is 0 Å². The standard InChI is InChI=1S/C13H21NO/c1-4-15-11(3)13(14)9-12-8-6-5-7-10(12)2/h5-8,11,13H,4,9,14H2,1-3H3. The van der Waals surface area contributed by atoms with Gasteiger partial charge in [-0.15, -0.1) is 0 Å². The summed E-state index contributed by atoms with van der Waals surface area (Å²) in [6.07, 6.45) is 1.00. The van der Waals surface area contributed by atoms with Crippen LogP contribution in [0.1, 0.15) is 25.0 Å². The van der Waals surface area contributed by atoms with Crippen molar-refractivity contribution >= 4 is 0 Å². The lowest BCUT2D eigenvalue weighted by atomic mass is 9.99. The quantitative estimate of drug-likeness (QED) is 0.804. The molecule has 2 nitrogen and oxygen atoms in total. The molecule has 84 valence electrons. The van der Waals surface area contributed by atoms with Gasteiger partial charge in [0.15, 0.2) is 0 Å². The minimum Gasteiger partial charge on any atom is -0.377 e. The molecule has 15 heavy (non-hydrogen) atoms. The molecular weight excluding hydrogens is 186 g/mol. The van der Waals surface area contributed by atoms with Gasteiger partial charge in [-0.05, 0) is 38.3 Å². The van der Waals surface area contributed by atoms with Gasteiger partial charge in [0.1, 0.15) is 0 Å². The van der Waals surface area contributed by atoms with Gasteiger partial charge in [0.2, 0.25) is 0 Å². The average molecular weight is 207 g/mol. The summed E-state index contributed by atoms with van der Waals surface area (Å²) < 4.78 is 5.49. The molecule has 0 amide bonds. The maximum atomic E-state index is 6.08. The van der Waals surface area contributed by atoms with Gasteiger partial charge in [-0.1, -0.05) is 24.3 Å². The number of hydrogen-bond acceptors (Lipinski definition) is 2. The van der Waals surface area contributed by atoms with Crippen LogP contribution in [-0.2, 0) is 11.2 Å². The summed E-state index contributed by atoms with van der Waals surface area (Å²) in [5, 5.41) is 0. The number of nitrogens with two attached hydrogens (primary N) is 1. The summed E-state index contributed by atoms with van der Waals surface area (Å²) in [7, 11) is 0. The molecule has 0 saturated carbocycles. The van der Waals surface area contributed by atoms with Gasteiger partial charge in [0, 0.05) is 12.6 Å². The molecule has 2 unspecified atom stereocenters. The van der Waals surface area contributed by atoms with Crippen molar-refractivity contribution in [3.05, 3.63) is 35.4 Å². The molecule has 0 fully saturated rings. The number of aryl methyl sites for hydroxylation is 1. The van der Waals surface area contributed by atoms with E-state index in [-0.39, 0.29) is 12.1 Å². The number of benzene rings is 1. The zero-order valence-electron chi connectivity index (χ0n) is 9.86. The third kappa shape index (κ3) is 3.65. The topological polar surface area (TPSA) is 35.2 Å². The van der Waals surface area contributed by atoms with Gasteiger partial charge < -0.3 is 10.5 Å². The molecule has 0 aromatic heterocycles. The highest BCUT2D eigenvalue weighted by Gasteiger charge is 2.13. The first-order chi connectivity index (χ1) is 7.15. The van der Waals surface area contributed by atoms with E-state index in [4.69, 9.17) is 10.5 Å². The maximum Gasteiger partial charge on any atom is 0.0700 e. The number of hydrogen-bond donors (Lipinski definition) is 1. The number of rotatable bonds is 5. The van der Waals surface area contributed by atoms with Crippen LogP contribution in [0.15, 0.2) is 24.3 Å². The van der Waals surface area contributed by atoms with Crippen molar-refractivity contribution in [2.24, 2.45) is 5.73 Å².